The van der Waals surface area contributed by atoms with Crippen LogP contribution in [0, 0.1) is 0 Å². The third kappa shape index (κ3) is 3.53. The molecular formula is C19H22IN3O2. The molecule has 0 saturated heterocycles. The van der Waals surface area contributed by atoms with Gasteiger partial charge in [0.05, 0.1) is 12.6 Å². The Hall–Kier alpha value is -1.96. The lowest BCUT2D eigenvalue weighted by atomic mass is 10.0. The van der Waals surface area contributed by atoms with Gasteiger partial charge in [0.2, 0.25) is 0 Å². The zero-order valence-electron chi connectivity index (χ0n) is 14.0. The van der Waals surface area contributed by atoms with E-state index in [0.717, 1.165) is 29.0 Å². The van der Waals surface area contributed by atoms with Gasteiger partial charge in [0.15, 0.2) is 5.96 Å². The first kappa shape index (κ1) is 17.8. The smallest absolute Gasteiger partial charge is 0.189 e. The van der Waals surface area contributed by atoms with E-state index < -0.39 is 0 Å². The number of aliphatic imine (C=N–C) groups is 1. The second-order valence-electron chi connectivity index (χ2n) is 6.19. The van der Waals surface area contributed by atoms with Crippen LogP contribution >= 0.6 is 24.0 Å². The predicted octanol–water partition coefficient (Wildman–Crippen LogP) is 3.55. The minimum Gasteiger partial charge on any atom is -0.493 e. The summed E-state index contributed by atoms with van der Waals surface area (Å²) in [7, 11) is 0. The van der Waals surface area contributed by atoms with Crippen LogP contribution in [0.25, 0.3) is 0 Å². The fraction of sp³-hybridized carbons (Fsp3) is 0.316. The number of nitrogens with two attached hydrogens (primary N) is 1. The van der Waals surface area contributed by atoms with Gasteiger partial charge in [-0.2, -0.15) is 0 Å². The number of rotatable bonds is 2. The number of hydrogen-bond acceptors (Lipinski definition) is 3. The molecule has 2 aromatic rings. The molecule has 5 nitrogen and oxygen atoms in total. The van der Waals surface area contributed by atoms with Crippen LogP contribution < -0.4 is 20.5 Å². The van der Waals surface area contributed by atoms with Crippen molar-refractivity contribution in [1.29, 1.82) is 0 Å². The molecule has 2 aliphatic heterocycles. The van der Waals surface area contributed by atoms with Crippen LogP contribution in [0.1, 0.15) is 36.6 Å². The number of nitrogens with one attached hydrogen (secondary N) is 1. The van der Waals surface area contributed by atoms with Crippen LogP contribution in [0.2, 0.25) is 0 Å². The highest BCUT2D eigenvalue weighted by Crippen LogP contribution is 2.38. The lowest BCUT2D eigenvalue weighted by Gasteiger charge is -2.27. The highest BCUT2D eigenvalue weighted by Gasteiger charge is 2.31. The van der Waals surface area contributed by atoms with Crippen molar-refractivity contribution in [2.75, 3.05) is 6.61 Å². The Morgan fingerprint density at radius 3 is 2.56 bits per heavy atom. The van der Waals surface area contributed by atoms with Gasteiger partial charge in [-0.1, -0.05) is 36.4 Å². The summed E-state index contributed by atoms with van der Waals surface area (Å²) in [5, 5.41) is 3.35. The zero-order chi connectivity index (χ0) is 16.5. The summed E-state index contributed by atoms with van der Waals surface area (Å²) in [5.74, 6) is 2.24. The molecule has 0 radical (unpaired) electrons. The van der Waals surface area contributed by atoms with Gasteiger partial charge in [-0.15, -0.1) is 24.0 Å². The Kier molecular flexibility index (Phi) is 5.36. The molecule has 0 aromatic heterocycles. The Morgan fingerprint density at radius 1 is 1.08 bits per heavy atom. The van der Waals surface area contributed by atoms with Crippen molar-refractivity contribution in [3.8, 4) is 11.5 Å². The summed E-state index contributed by atoms with van der Waals surface area (Å²) in [6.07, 6.45) is 0.838. The van der Waals surface area contributed by atoms with Gasteiger partial charge in [-0.3, -0.25) is 0 Å². The Bertz CT molecular complexity index is 781. The maximum Gasteiger partial charge on any atom is 0.189 e. The molecule has 0 amide bonds. The first-order valence-electron chi connectivity index (χ1n) is 8.29. The number of benzene rings is 2. The van der Waals surface area contributed by atoms with Crippen molar-refractivity contribution in [1.82, 2.24) is 5.32 Å². The molecule has 3 unspecified atom stereocenters. The highest BCUT2D eigenvalue weighted by atomic mass is 127. The van der Waals surface area contributed by atoms with Crippen molar-refractivity contribution < 1.29 is 9.47 Å². The summed E-state index contributed by atoms with van der Waals surface area (Å²) < 4.78 is 11.5. The molecule has 0 fully saturated rings. The lowest BCUT2D eigenvalue weighted by molar-refractivity contribution is 0.228. The number of para-hydroxylation sites is 2. The SMILES string of the molecule is CC1Oc2ccccc2C1N=C(N)NC1CCOc2ccccc21.I. The molecule has 0 saturated carbocycles. The molecule has 132 valence electrons. The summed E-state index contributed by atoms with van der Waals surface area (Å²) in [6, 6.07) is 16.1. The zero-order valence-corrected chi connectivity index (χ0v) is 16.3. The Labute approximate surface area is 164 Å². The number of hydrogen-bond donors (Lipinski definition) is 2. The third-order valence-corrected chi connectivity index (χ3v) is 4.55. The van der Waals surface area contributed by atoms with E-state index in [4.69, 9.17) is 15.2 Å². The summed E-state index contributed by atoms with van der Waals surface area (Å²) in [6.45, 7) is 2.69. The maximum atomic E-state index is 6.20. The van der Waals surface area contributed by atoms with Crippen LogP contribution in [-0.4, -0.2) is 18.7 Å². The van der Waals surface area contributed by atoms with Crippen molar-refractivity contribution in [2.45, 2.75) is 31.5 Å². The number of fused-ring (bicyclic) bond motifs is 2. The first-order chi connectivity index (χ1) is 11.7. The van der Waals surface area contributed by atoms with Gasteiger partial charge < -0.3 is 20.5 Å². The fourth-order valence-electron chi connectivity index (χ4n) is 3.38. The number of guanidine groups is 1. The van der Waals surface area contributed by atoms with Crippen molar-refractivity contribution in [3.63, 3.8) is 0 Å². The van der Waals surface area contributed by atoms with Gasteiger partial charge in [0.25, 0.3) is 0 Å². The van der Waals surface area contributed by atoms with Gasteiger partial charge in [-0.05, 0) is 19.1 Å². The maximum absolute atomic E-state index is 6.20. The quantitative estimate of drug-likeness (QED) is 0.417. The van der Waals surface area contributed by atoms with E-state index in [9.17, 15) is 0 Å². The van der Waals surface area contributed by atoms with Crippen molar-refractivity contribution in [3.05, 3.63) is 59.7 Å². The minimum absolute atomic E-state index is 0. The topological polar surface area (TPSA) is 68.9 Å². The number of nitrogens with zero attached hydrogens (tertiary/aromatic N) is 1. The molecule has 0 aliphatic carbocycles. The Morgan fingerprint density at radius 2 is 1.76 bits per heavy atom. The van der Waals surface area contributed by atoms with E-state index in [1.165, 1.54) is 0 Å². The van der Waals surface area contributed by atoms with Crippen LogP contribution in [0.5, 0.6) is 11.5 Å². The predicted molar refractivity (Wildman–Crippen MR) is 109 cm³/mol. The molecule has 2 aliphatic rings. The van der Waals surface area contributed by atoms with Crippen molar-refractivity contribution in [2.24, 2.45) is 10.7 Å². The monoisotopic (exact) mass is 451 g/mol. The average molecular weight is 451 g/mol. The number of ether oxygens (including phenoxy) is 2. The van der Waals surface area contributed by atoms with Crippen LogP contribution in [0.3, 0.4) is 0 Å². The van der Waals surface area contributed by atoms with Crippen molar-refractivity contribution >= 4 is 29.9 Å². The second kappa shape index (κ2) is 7.51. The molecular weight excluding hydrogens is 429 g/mol. The molecule has 2 aromatic carbocycles. The lowest BCUT2D eigenvalue weighted by Crippen LogP contribution is -2.38. The third-order valence-electron chi connectivity index (χ3n) is 4.55. The summed E-state index contributed by atoms with van der Waals surface area (Å²) in [4.78, 5) is 4.68. The van der Waals surface area contributed by atoms with Gasteiger partial charge >= 0.3 is 0 Å². The summed E-state index contributed by atoms with van der Waals surface area (Å²) >= 11 is 0. The van der Waals surface area contributed by atoms with E-state index in [1.54, 1.807) is 0 Å². The van der Waals surface area contributed by atoms with E-state index in [1.807, 2.05) is 49.4 Å². The molecule has 3 atom stereocenters. The van der Waals surface area contributed by atoms with Gasteiger partial charge in [-0.25, -0.2) is 4.99 Å². The van der Waals surface area contributed by atoms with E-state index in [2.05, 4.69) is 16.4 Å². The van der Waals surface area contributed by atoms with Crippen LogP contribution in [0.15, 0.2) is 53.5 Å². The first-order valence-corrected chi connectivity index (χ1v) is 8.29. The largest absolute Gasteiger partial charge is 0.493 e. The standard InChI is InChI=1S/C19H21N3O2.HI/c1-12-18(14-7-3-5-9-17(14)24-12)22-19(20)21-15-10-11-23-16-8-4-2-6-13(15)16;/h2-9,12,15,18H,10-11H2,1H3,(H3,20,21,22);1H. The van der Waals surface area contributed by atoms with E-state index >= 15 is 0 Å². The Balaban J connectivity index is 0.00000182. The molecule has 25 heavy (non-hydrogen) atoms. The molecule has 6 heteroatoms. The second-order valence-corrected chi connectivity index (χ2v) is 6.19. The fourth-order valence-corrected chi connectivity index (χ4v) is 3.38. The van der Waals surface area contributed by atoms with E-state index in [0.29, 0.717) is 12.6 Å². The summed E-state index contributed by atoms with van der Waals surface area (Å²) in [5.41, 5.74) is 8.41. The number of halogens is 1. The molecule has 0 bridgehead atoms. The molecule has 2 heterocycles. The molecule has 3 N–H and O–H groups in total. The van der Waals surface area contributed by atoms with Crippen LogP contribution in [-0.2, 0) is 0 Å². The average Bonchev–Trinajstić information content (AvgIpc) is 2.91. The van der Waals surface area contributed by atoms with E-state index in [-0.39, 0.29) is 42.2 Å². The highest BCUT2D eigenvalue weighted by molar-refractivity contribution is 14.0. The molecule has 4 rings (SSSR count). The van der Waals surface area contributed by atoms with Crippen LogP contribution in [0.4, 0.5) is 0 Å². The normalized spacial score (nSPS) is 24.2. The molecule has 0 spiro atoms. The van der Waals surface area contributed by atoms with Gasteiger partial charge in [0.1, 0.15) is 23.6 Å². The minimum atomic E-state index is -0.0798. The van der Waals surface area contributed by atoms with Gasteiger partial charge in [0, 0.05) is 17.5 Å².